The topological polar surface area (TPSA) is 72.5 Å². The number of nitrogens with zero attached hydrogens (tertiary/aromatic N) is 1. The van der Waals surface area contributed by atoms with Gasteiger partial charge in [-0.2, -0.15) is 0 Å². The largest absolute Gasteiger partial charge is 0.281 e. The van der Waals surface area contributed by atoms with Gasteiger partial charge in [-0.05, 0) is 48.6 Å². The van der Waals surface area contributed by atoms with Crippen LogP contribution in [0.15, 0.2) is 70.1 Å². The average molecular weight is 314 g/mol. The van der Waals surface area contributed by atoms with E-state index in [2.05, 4.69) is 30.4 Å². The van der Waals surface area contributed by atoms with E-state index in [0.717, 1.165) is 30.5 Å². The summed E-state index contributed by atoms with van der Waals surface area (Å²) < 4.78 is 22.4. The minimum atomic E-state index is -3.62. The summed E-state index contributed by atoms with van der Waals surface area (Å²) in [5.41, 5.74) is 3.44. The van der Waals surface area contributed by atoms with Gasteiger partial charge in [0.25, 0.3) is 0 Å². The molecule has 1 heterocycles. The van der Waals surface area contributed by atoms with Crippen LogP contribution in [0.25, 0.3) is 0 Å². The minimum Gasteiger partial charge on any atom is -0.281 e. The molecule has 3 rings (SSSR count). The lowest BCUT2D eigenvalue weighted by Crippen LogP contribution is -2.16. The van der Waals surface area contributed by atoms with Gasteiger partial charge >= 0.3 is 0 Å². The molecule has 1 atom stereocenters. The molecule has 1 aliphatic heterocycles. The van der Waals surface area contributed by atoms with Gasteiger partial charge in [-0.1, -0.05) is 36.4 Å². The molecule has 1 aromatic rings. The quantitative estimate of drug-likeness (QED) is 0.927. The summed E-state index contributed by atoms with van der Waals surface area (Å²) in [5, 5.41) is 5.09. The fourth-order valence-corrected chi connectivity index (χ4v) is 3.14. The van der Waals surface area contributed by atoms with Crippen molar-refractivity contribution in [2.75, 3.05) is 0 Å². The van der Waals surface area contributed by atoms with Crippen molar-refractivity contribution in [1.82, 2.24) is 0 Å². The molecule has 1 unspecified atom stereocenters. The molecule has 0 radical (unpaired) electrons. The predicted molar refractivity (Wildman–Crippen MR) is 88.3 cm³/mol. The third-order valence-corrected chi connectivity index (χ3v) is 4.81. The van der Waals surface area contributed by atoms with E-state index in [-0.39, 0.29) is 10.9 Å². The van der Waals surface area contributed by atoms with Crippen molar-refractivity contribution < 1.29 is 8.42 Å². The molecule has 1 aromatic carbocycles. The van der Waals surface area contributed by atoms with Crippen molar-refractivity contribution in [2.45, 2.75) is 30.2 Å². The molecule has 2 N–H and O–H groups in total. The van der Waals surface area contributed by atoms with Crippen LogP contribution >= 0.6 is 0 Å². The Morgan fingerprint density at radius 3 is 2.64 bits per heavy atom. The van der Waals surface area contributed by atoms with Crippen LogP contribution < -0.4 is 5.14 Å². The molecular weight excluding hydrogens is 296 g/mol. The maximum atomic E-state index is 11.2. The second-order valence-electron chi connectivity index (χ2n) is 5.49. The Kier molecular flexibility index (Phi) is 4.09. The van der Waals surface area contributed by atoms with Crippen molar-refractivity contribution in [3.05, 3.63) is 65.8 Å². The van der Waals surface area contributed by atoms with Crippen LogP contribution in [0.3, 0.4) is 0 Å². The van der Waals surface area contributed by atoms with Crippen LogP contribution in [-0.4, -0.2) is 20.2 Å². The van der Waals surface area contributed by atoms with Crippen molar-refractivity contribution in [3.8, 4) is 0 Å². The van der Waals surface area contributed by atoms with E-state index in [9.17, 15) is 8.42 Å². The second kappa shape index (κ2) is 6.02. The fourth-order valence-electron chi connectivity index (χ4n) is 2.63. The number of hydrogen-bond donors (Lipinski definition) is 1. The predicted octanol–water partition coefficient (Wildman–Crippen LogP) is 2.53. The zero-order valence-corrected chi connectivity index (χ0v) is 13.0. The van der Waals surface area contributed by atoms with Crippen LogP contribution in [0.1, 0.15) is 18.4 Å². The van der Waals surface area contributed by atoms with Gasteiger partial charge < -0.3 is 0 Å². The van der Waals surface area contributed by atoms with Crippen LogP contribution in [-0.2, 0) is 16.4 Å². The molecule has 2 aliphatic rings. The highest BCUT2D eigenvalue weighted by Gasteiger charge is 2.16. The Morgan fingerprint density at radius 1 is 1.14 bits per heavy atom. The van der Waals surface area contributed by atoms with Gasteiger partial charge in [-0.25, -0.2) is 13.6 Å². The molecule has 0 saturated heterocycles. The first kappa shape index (κ1) is 14.9. The number of fused-ring (bicyclic) bond motifs is 1. The van der Waals surface area contributed by atoms with E-state index in [4.69, 9.17) is 10.1 Å². The Labute approximate surface area is 130 Å². The normalized spacial score (nSPS) is 20.3. The highest BCUT2D eigenvalue weighted by atomic mass is 32.2. The lowest BCUT2D eigenvalue weighted by atomic mass is 9.95. The lowest BCUT2D eigenvalue weighted by molar-refractivity contribution is 0.598. The van der Waals surface area contributed by atoms with Crippen molar-refractivity contribution in [1.29, 1.82) is 0 Å². The Balaban J connectivity index is 1.64. The number of aliphatic imine (C=N–C) groups is 1. The summed E-state index contributed by atoms with van der Waals surface area (Å²) in [6.45, 7) is 0. The molecule has 5 heteroatoms. The molecule has 0 aromatic heterocycles. The molecule has 0 fully saturated rings. The second-order valence-corrected chi connectivity index (χ2v) is 7.05. The fraction of sp³-hybridized carbons (Fsp3) is 0.235. The summed E-state index contributed by atoms with van der Waals surface area (Å²) in [7, 11) is -3.62. The van der Waals surface area contributed by atoms with Crippen LogP contribution in [0, 0.1) is 0 Å². The monoisotopic (exact) mass is 314 g/mol. The number of sulfonamides is 1. The molecule has 114 valence electrons. The molecular formula is C17H18N2O2S. The number of rotatable bonds is 4. The standard InChI is InChI=1S/C17H18N2O2S/c18-22(20,21)16-11-6-13(7-12-16)5-9-15-10-8-14-3-1-2-4-17(14)19-15/h1-3,6-8,10-12,17H,4-5,9H2,(H2,18,20,21). The van der Waals surface area contributed by atoms with Crippen LogP contribution in [0.5, 0.6) is 0 Å². The van der Waals surface area contributed by atoms with E-state index >= 15 is 0 Å². The van der Waals surface area contributed by atoms with E-state index in [1.165, 1.54) is 5.57 Å². The molecule has 0 amide bonds. The maximum Gasteiger partial charge on any atom is 0.238 e. The first-order valence-electron chi connectivity index (χ1n) is 7.25. The van der Waals surface area contributed by atoms with E-state index in [1.54, 1.807) is 12.1 Å². The minimum absolute atomic E-state index is 0.148. The summed E-state index contributed by atoms with van der Waals surface area (Å²) >= 11 is 0. The SMILES string of the molecule is NS(=O)(=O)c1ccc(CCC2=NC3CC=CC=C3C=C2)cc1. The summed E-state index contributed by atoms with van der Waals surface area (Å²) in [4.78, 5) is 4.92. The smallest absolute Gasteiger partial charge is 0.238 e. The van der Waals surface area contributed by atoms with Gasteiger partial charge in [0.15, 0.2) is 0 Å². The number of allylic oxidation sites excluding steroid dienone is 3. The van der Waals surface area contributed by atoms with E-state index < -0.39 is 10.0 Å². The van der Waals surface area contributed by atoms with E-state index in [1.807, 2.05) is 12.1 Å². The first-order chi connectivity index (χ1) is 10.5. The first-order valence-corrected chi connectivity index (χ1v) is 8.80. The van der Waals surface area contributed by atoms with Gasteiger partial charge in [0.1, 0.15) is 0 Å². The van der Waals surface area contributed by atoms with Crippen molar-refractivity contribution in [2.24, 2.45) is 10.1 Å². The van der Waals surface area contributed by atoms with Gasteiger partial charge in [-0.15, -0.1) is 0 Å². The number of nitrogens with two attached hydrogens (primary N) is 1. The van der Waals surface area contributed by atoms with Crippen LogP contribution in [0.4, 0.5) is 0 Å². The van der Waals surface area contributed by atoms with Crippen LogP contribution in [0.2, 0.25) is 0 Å². The molecule has 4 nitrogen and oxygen atoms in total. The summed E-state index contributed by atoms with van der Waals surface area (Å²) in [5.74, 6) is 0. The van der Waals surface area contributed by atoms with Crippen molar-refractivity contribution >= 4 is 15.7 Å². The lowest BCUT2D eigenvalue weighted by Gasteiger charge is -2.20. The third-order valence-electron chi connectivity index (χ3n) is 3.88. The zero-order valence-electron chi connectivity index (χ0n) is 12.1. The summed E-state index contributed by atoms with van der Waals surface area (Å²) in [6, 6.07) is 6.98. The summed E-state index contributed by atoms with van der Waals surface area (Å²) in [6.07, 6.45) is 13.2. The van der Waals surface area contributed by atoms with Crippen molar-refractivity contribution in [3.63, 3.8) is 0 Å². The number of benzene rings is 1. The number of hydrogen-bond acceptors (Lipinski definition) is 3. The van der Waals surface area contributed by atoms with Gasteiger partial charge in [-0.3, -0.25) is 4.99 Å². The number of dihydropyridines is 1. The number of primary sulfonamides is 1. The Hall–Kier alpha value is -1.98. The number of aryl methyl sites for hydroxylation is 1. The highest BCUT2D eigenvalue weighted by Crippen LogP contribution is 2.22. The third kappa shape index (κ3) is 3.43. The molecule has 0 saturated carbocycles. The Bertz CT molecular complexity index is 784. The highest BCUT2D eigenvalue weighted by molar-refractivity contribution is 7.89. The molecule has 0 bridgehead atoms. The van der Waals surface area contributed by atoms with Gasteiger partial charge in [0, 0.05) is 5.71 Å². The van der Waals surface area contributed by atoms with E-state index in [0.29, 0.717) is 0 Å². The average Bonchev–Trinajstić information content (AvgIpc) is 2.52. The maximum absolute atomic E-state index is 11.2. The Morgan fingerprint density at radius 2 is 1.91 bits per heavy atom. The molecule has 22 heavy (non-hydrogen) atoms. The zero-order chi connectivity index (χ0) is 15.6. The van der Waals surface area contributed by atoms with Gasteiger partial charge in [0.2, 0.25) is 10.0 Å². The molecule has 1 aliphatic carbocycles. The van der Waals surface area contributed by atoms with Gasteiger partial charge in [0.05, 0.1) is 10.9 Å². The molecule has 0 spiro atoms.